The van der Waals surface area contributed by atoms with Crippen molar-refractivity contribution in [1.29, 1.82) is 0 Å². The van der Waals surface area contributed by atoms with Gasteiger partial charge in [-0.05, 0) is 62.4 Å². The second-order valence-electron chi connectivity index (χ2n) is 5.47. The molecule has 0 fully saturated rings. The molecule has 1 heterocycles. The first-order valence-electron chi connectivity index (χ1n) is 6.97. The van der Waals surface area contributed by atoms with Crippen LogP contribution in [-0.4, -0.2) is 5.78 Å². The molecule has 0 radical (unpaired) electrons. The van der Waals surface area contributed by atoms with Gasteiger partial charge in [-0.1, -0.05) is 6.07 Å². The maximum Gasteiger partial charge on any atom is 0.228 e. The molecule has 0 N–H and O–H groups in total. The molecule has 2 nitrogen and oxygen atoms in total. The summed E-state index contributed by atoms with van der Waals surface area (Å²) in [5.41, 5.74) is 6.88. The summed E-state index contributed by atoms with van der Waals surface area (Å²) < 4.78 is 1.92. The molecule has 20 heavy (non-hydrogen) atoms. The van der Waals surface area contributed by atoms with Gasteiger partial charge in [-0.3, -0.25) is 4.79 Å². The largest absolute Gasteiger partial charge is 0.287 e. The van der Waals surface area contributed by atoms with Gasteiger partial charge in [0, 0.05) is 17.7 Å². The van der Waals surface area contributed by atoms with Gasteiger partial charge >= 0.3 is 0 Å². The van der Waals surface area contributed by atoms with E-state index in [9.17, 15) is 4.79 Å². The van der Waals surface area contributed by atoms with Gasteiger partial charge in [-0.25, -0.2) is 0 Å². The zero-order valence-electron chi connectivity index (χ0n) is 12.9. The number of nitrogens with zero attached hydrogens (tertiary/aromatic N) is 1. The van der Waals surface area contributed by atoms with E-state index < -0.39 is 0 Å². The lowest BCUT2D eigenvalue weighted by Gasteiger charge is -2.17. The third kappa shape index (κ3) is 2.51. The number of rotatable bonds is 3. The Labute approximate surface area is 121 Å². The van der Waals surface area contributed by atoms with Crippen molar-refractivity contribution in [2.24, 2.45) is 0 Å². The molecule has 0 aliphatic carbocycles. The summed E-state index contributed by atoms with van der Waals surface area (Å²) in [5.74, 6) is 0.183. The molecule has 0 aliphatic heterocycles. The van der Waals surface area contributed by atoms with E-state index >= 15 is 0 Å². The molecule has 104 valence electrons. The molecule has 1 aromatic heterocycles. The number of carbonyl (C=O) groups excluding carboxylic acids is 1. The Morgan fingerprint density at radius 2 is 1.25 bits per heavy atom. The van der Waals surface area contributed by atoms with E-state index in [1.807, 2.05) is 35.2 Å². The monoisotopic (exact) mass is 268 g/mol. The number of hydrogen-bond acceptors (Lipinski definition) is 1. The summed E-state index contributed by atoms with van der Waals surface area (Å²) >= 11 is 0. The number of Topliss-reactive ketones (excluding diaryl/α,β-unsaturated/α-hetero) is 1. The Morgan fingerprint density at radius 3 is 1.75 bits per heavy atom. The van der Waals surface area contributed by atoms with Crippen LogP contribution in [-0.2, 0) is 6.54 Å². The molecule has 0 aliphatic rings. The van der Waals surface area contributed by atoms with Gasteiger partial charge < -0.3 is 0 Å². The van der Waals surface area contributed by atoms with Crippen LogP contribution < -0.4 is 4.57 Å². The Morgan fingerprint density at radius 1 is 0.800 bits per heavy atom. The Hall–Kier alpha value is -1.96. The van der Waals surface area contributed by atoms with E-state index in [2.05, 4.69) is 34.6 Å². The molecule has 0 spiro atoms. The molecule has 0 saturated heterocycles. The average molecular weight is 268 g/mol. The van der Waals surface area contributed by atoms with Gasteiger partial charge in [0.15, 0.2) is 12.4 Å². The van der Waals surface area contributed by atoms with Crippen LogP contribution in [0.4, 0.5) is 0 Å². The van der Waals surface area contributed by atoms with Gasteiger partial charge in [0.1, 0.15) is 0 Å². The van der Waals surface area contributed by atoms with Gasteiger partial charge in [0.05, 0.1) is 0 Å². The van der Waals surface area contributed by atoms with Crippen LogP contribution in [0.25, 0.3) is 0 Å². The highest BCUT2D eigenvalue weighted by Gasteiger charge is 2.20. The summed E-state index contributed by atoms with van der Waals surface area (Å²) in [6, 6.07) is 5.84. The summed E-state index contributed by atoms with van der Waals surface area (Å²) in [5, 5.41) is 0. The summed E-state index contributed by atoms with van der Waals surface area (Å²) in [7, 11) is 0. The fraction of sp³-hybridized carbons (Fsp3) is 0.333. The second kappa shape index (κ2) is 5.58. The highest BCUT2D eigenvalue weighted by atomic mass is 16.1. The maximum atomic E-state index is 12.7. The van der Waals surface area contributed by atoms with Gasteiger partial charge in [0.2, 0.25) is 12.3 Å². The van der Waals surface area contributed by atoms with Crippen molar-refractivity contribution in [2.45, 2.75) is 41.2 Å². The quantitative estimate of drug-likeness (QED) is 0.617. The van der Waals surface area contributed by atoms with Crippen molar-refractivity contribution < 1.29 is 9.36 Å². The molecule has 0 saturated carbocycles. The predicted molar refractivity (Wildman–Crippen MR) is 81.1 cm³/mol. The minimum Gasteiger partial charge on any atom is -0.287 e. The number of hydrogen-bond donors (Lipinski definition) is 0. The molecule has 2 rings (SSSR count). The number of benzene rings is 1. The van der Waals surface area contributed by atoms with Crippen molar-refractivity contribution >= 4 is 5.78 Å². The van der Waals surface area contributed by atoms with Crippen LogP contribution in [0, 0.1) is 34.6 Å². The SMILES string of the molecule is Cc1c(C)c(C)c(C(=O)C[n+]2ccccc2)c(C)c1C. The van der Waals surface area contributed by atoms with Crippen molar-refractivity contribution in [2.75, 3.05) is 0 Å². The molecule has 0 unspecified atom stereocenters. The van der Waals surface area contributed by atoms with Crippen LogP contribution in [0.5, 0.6) is 0 Å². The van der Waals surface area contributed by atoms with E-state index in [0.717, 1.165) is 16.7 Å². The van der Waals surface area contributed by atoms with Crippen LogP contribution in [0.2, 0.25) is 0 Å². The first kappa shape index (κ1) is 14.4. The van der Waals surface area contributed by atoms with E-state index in [4.69, 9.17) is 0 Å². The van der Waals surface area contributed by atoms with Gasteiger partial charge in [-0.2, -0.15) is 4.57 Å². The third-order valence-corrected chi connectivity index (χ3v) is 4.38. The number of carbonyl (C=O) groups is 1. The van der Waals surface area contributed by atoms with E-state index in [1.54, 1.807) is 0 Å². The summed E-state index contributed by atoms with van der Waals surface area (Å²) in [6.45, 7) is 10.8. The smallest absolute Gasteiger partial charge is 0.228 e. The predicted octanol–water partition coefficient (Wildman–Crippen LogP) is 3.40. The van der Waals surface area contributed by atoms with Crippen molar-refractivity contribution in [1.82, 2.24) is 0 Å². The lowest BCUT2D eigenvalue weighted by molar-refractivity contribution is -0.683. The summed E-state index contributed by atoms with van der Waals surface area (Å²) in [4.78, 5) is 12.7. The van der Waals surface area contributed by atoms with Gasteiger partial charge in [-0.15, -0.1) is 0 Å². The first-order chi connectivity index (χ1) is 9.43. The first-order valence-corrected chi connectivity index (χ1v) is 6.97. The second-order valence-corrected chi connectivity index (χ2v) is 5.47. The molecule has 0 atom stereocenters. The maximum absolute atomic E-state index is 12.7. The van der Waals surface area contributed by atoms with Crippen LogP contribution in [0.15, 0.2) is 30.6 Å². The lowest BCUT2D eigenvalue weighted by Crippen LogP contribution is -2.37. The normalized spacial score (nSPS) is 10.7. The molecule has 2 aromatic rings. The number of aromatic nitrogens is 1. The highest BCUT2D eigenvalue weighted by Crippen LogP contribution is 2.26. The molecule has 2 heteroatoms. The van der Waals surface area contributed by atoms with Gasteiger partial charge in [0.25, 0.3) is 0 Å². The molecule has 1 aromatic carbocycles. The molecule has 0 amide bonds. The molecule has 0 bridgehead atoms. The van der Waals surface area contributed by atoms with E-state index in [-0.39, 0.29) is 5.78 Å². The van der Waals surface area contributed by atoms with Crippen molar-refractivity contribution in [3.05, 3.63) is 64.0 Å². The topological polar surface area (TPSA) is 20.9 Å². The highest BCUT2D eigenvalue weighted by molar-refractivity contribution is 5.98. The summed E-state index contributed by atoms with van der Waals surface area (Å²) in [6.07, 6.45) is 3.85. The molecular weight excluding hydrogens is 246 g/mol. The standard InChI is InChI=1S/C18H22NO/c1-12-13(2)15(4)18(16(5)14(12)3)17(20)11-19-9-7-6-8-10-19/h6-10H,11H2,1-5H3/q+1. The van der Waals surface area contributed by atoms with Crippen LogP contribution in [0.3, 0.4) is 0 Å². The van der Waals surface area contributed by atoms with E-state index in [0.29, 0.717) is 6.54 Å². The Bertz CT molecular complexity index is 628. The molecular formula is C18H22NO+. The Balaban J connectivity index is 2.45. The third-order valence-electron chi connectivity index (χ3n) is 4.38. The fourth-order valence-corrected chi connectivity index (χ4v) is 2.70. The zero-order valence-corrected chi connectivity index (χ0v) is 12.9. The number of ketones is 1. The fourth-order valence-electron chi connectivity index (χ4n) is 2.70. The minimum atomic E-state index is 0.183. The Kier molecular flexibility index (Phi) is 4.03. The van der Waals surface area contributed by atoms with Crippen LogP contribution in [0.1, 0.15) is 38.2 Å². The number of pyridine rings is 1. The van der Waals surface area contributed by atoms with Crippen molar-refractivity contribution in [3.63, 3.8) is 0 Å². The zero-order chi connectivity index (χ0) is 14.9. The van der Waals surface area contributed by atoms with Crippen molar-refractivity contribution in [3.8, 4) is 0 Å². The van der Waals surface area contributed by atoms with E-state index in [1.165, 1.54) is 16.7 Å². The minimum absolute atomic E-state index is 0.183. The van der Waals surface area contributed by atoms with Crippen LogP contribution >= 0.6 is 0 Å². The average Bonchev–Trinajstić information content (AvgIpc) is 2.44. The lowest BCUT2D eigenvalue weighted by atomic mass is 9.88.